The van der Waals surface area contributed by atoms with E-state index in [9.17, 15) is 35.5 Å². The Hall–Kier alpha value is -2.68. The smallest absolute Gasteiger partial charge is 0.744 e. The third-order valence-corrected chi connectivity index (χ3v) is 7.81. The van der Waals surface area contributed by atoms with Crippen LogP contribution in [-0.2, 0) is 20.2 Å². The molecule has 210 valence electrons. The first-order valence-electron chi connectivity index (χ1n) is 11.1. The molecule has 0 aliphatic heterocycles. The monoisotopic (exact) mass is 661 g/mol. The third-order valence-electron chi connectivity index (χ3n) is 5.87. The van der Waals surface area contributed by atoms with Crippen molar-refractivity contribution in [2.75, 3.05) is 22.1 Å². The van der Waals surface area contributed by atoms with Gasteiger partial charge in [0.05, 0.1) is 38.0 Å². The Labute approximate surface area is 292 Å². The fourth-order valence-corrected chi connectivity index (χ4v) is 5.63. The van der Waals surface area contributed by atoms with E-state index < -0.39 is 52.8 Å². The molecular weight excluding hydrogens is 648 g/mol. The van der Waals surface area contributed by atoms with Gasteiger partial charge in [-0.1, -0.05) is 24.3 Å². The summed E-state index contributed by atoms with van der Waals surface area (Å²) in [6, 6.07) is 9.62. The number of benzene rings is 3. The van der Waals surface area contributed by atoms with Crippen LogP contribution in [0.15, 0.2) is 58.3 Å². The molecule has 0 unspecified atom stereocenters. The first kappa shape index (κ1) is 34.8. The van der Waals surface area contributed by atoms with Crippen molar-refractivity contribution in [2.45, 2.75) is 9.79 Å². The minimum Gasteiger partial charge on any atom is -0.744 e. The Kier molecular flexibility index (Phi) is 10.3. The Morgan fingerprint density at radius 3 is 1.86 bits per heavy atom. The van der Waals surface area contributed by atoms with E-state index in [0.717, 1.165) is 24.3 Å². The van der Waals surface area contributed by atoms with Crippen LogP contribution in [0.3, 0.4) is 0 Å². The van der Waals surface area contributed by atoms with Gasteiger partial charge in [-0.05, 0) is 35.9 Å². The number of anilines is 6. The van der Waals surface area contributed by atoms with Crippen LogP contribution in [0.2, 0.25) is 5.28 Å². The van der Waals surface area contributed by atoms with Gasteiger partial charge in [0.25, 0.3) is 0 Å². The van der Waals surface area contributed by atoms with Crippen LogP contribution in [0.25, 0.3) is 0 Å². The molecule has 15 nitrogen and oxygen atoms in total. The number of ketones is 2. The normalized spacial score (nSPS) is 12.3. The molecule has 0 saturated carbocycles. The second-order valence-electron chi connectivity index (χ2n) is 8.45. The van der Waals surface area contributed by atoms with Gasteiger partial charge in [-0.2, -0.15) is 15.0 Å². The molecule has 1 heterocycles. The van der Waals surface area contributed by atoms with E-state index in [2.05, 4.69) is 25.6 Å². The molecule has 1 aliphatic carbocycles. The molecule has 1 aromatic heterocycles. The second-order valence-corrected chi connectivity index (χ2v) is 11.5. The van der Waals surface area contributed by atoms with Crippen LogP contribution in [0, 0.1) is 0 Å². The van der Waals surface area contributed by atoms with Gasteiger partial charge in [0.2, 0.25) is 17.2 Å². The van der Waals surface area contributed by atoms with Crippen molar-refractivity contribution in [3.63, 3.8) is 0 Å². The van der Waals surface area contributed by atoms with Crippen LogP contribution in [0.5, 0.6) is 0 Å². The van der Waals surface area contributed by atoms with Gasteiger partial charge in [-0.3, -0.25) is 9.59 Å². The Balaban J connectivity index is 0.00000253. The topological polar surface area (TPSA) is 263 Å². The van der Waals surface area contributed by atoms with Crippen LogP contribution >= 0.6 is 11.6 Å². The van der Waals surface area contributed by atoms with Crippen LogP contribution < -0.4 is 81.2 Å². The average molecular weight is 662 g/mol. The predicted molar refractivity (Wildman–Crippen MR) is 142 cm³/mol. The van der Waals surface area contributed by atoms with Crippen molar-refractivity contribution < 1.29 is 94.6 Å². The maximum atomic E-state index is 13.5. The summed E-state index contributed by atoms with van der Waals surface area (Å²) in [4.78, 5) is 36.2. The minimum absolute atomic E-state index is 0. The zero-order valence-electron chi connectivity index (χ0n) is 22.1. The van der Waals surface area contributed by atoms with E-state index in [1.807, 2.05) is 0 Å². The molecule has 4 aromatic rings. The molecule has 6 N–H and O–H groups in total. The molecular formula is C23H14ClN7Na2O8S2. The van der Waals surface area contributed by atoms with Gasteiger partial charge in [0, 0.05) is 16.8 Å². The van der Waals surface area contributed by atoms with Gasteiger partial charge >= 0.3 is 59.1 Å². The number of nitrogens with zero attached hydrogens (tertiary/aromatic N) is 3. The maximum Gasteiger partial charge on any atom is 1.00 e. The Morgan fingerprint density at radius 2 is 1.30 bits per heavy atom. The summed E-state index contributed by atoms with van der Waals surface area (Å²) in [7, 11) is -10.3. The van der Waals surface area contributed by atoms with Crippen molar-refractivity contribution >= 4 is 78.0 Å². The number of rotatable bonds is 6. The summed E-state index contributed by atoms with van der Waals surface area (Å²) in [6.45, 7) is 0. The molecule has 0 saturated heterocycles. The first-order chi connectivity index (χ1) is 19.1. The largest absolute Gasteiger partial charge is 1.00 e. The van der Waals surface area contributed by atoms with Gasteiger partial charge in [-0.25, -0.2) is 16.8 Å². The molecule has 0 atom stereocenters. The third kappa shape index (κ3) is 6.86. The number of carbonyl (C=O) groups is 2. The van der Waals surface area contributed by atoms with Crippen LogP contribution in [0.1, 0.15) is 31.8 Å². The number of nitrogens with two attached hydrogens (primary N) is 2. The number of hydrogen-bond acceptors (Lipinski definition) is 15. The van der Waals surface area contributed by atoms with Gasteiger partial charge < -0.3 is 31.2 Å². The molecule has 5 rings (SSSR count). The molecule has 0 amide bonds. The number of hydrogen-bond donors (Lipinski definition) is 4. The number of nitrogens with one attached hydrogen (secondary N) is 2. The number of carbonyl (C=O) groups excluding carboxylic acids is 2. The molecule has 43 heavy (non-hydrogen) atoms. The van der Waals surface area contributed by atoms with E-state index in [0.29, 0.717) is 0 Å². The number of aromatic nitrogens is 3. The van der Waals surface area contributed by atoms with Crippen molar-refractivity contribution in [3.8, 4) is 0 Å². The summed E-state index contributed by atoms with van der Waals surface area (Å²) in [5, 5.41) is 4.86. The van der Waals surface area contributed by atoms with Crippen molar-refractivity contribution in [2.24, 2.45) is 0 Å². The van der Waals surface area contributed by atoms with Crippen molar-refractivity contribution in [1.82, 2.24) is 15.0 Å². The van der Waals surface area contributed by atoms with E-state index >= 15 is 0 Å². The molecule has 0 radical (unpaired) electrons. The summed E-state index contributed by atoms with van der Waals surface area (Å²) < 4.78 is 71.8. The zero-order valence-corrected chi connectivity index (χ0v) is 28.5. The number of fused-ring (bicyclic) bond motifs is 2. The Morgan fingerprint density at radius 1 is 0.721 bits per heavy atom. The van der Waals surface area contributed by atoms with Crippen LogP contribution in [0.4, 0.5) is 34.6 Å². The number of halogens is 1. The van der Waals surface area contributed by atoms with Gasteiger partial charge in [-0.15, -0.1) is 0 Å². The minimum atomic E-state index is -5.24. The SMILES string of the molecule is Nc1nc(Cl)nc(Nc2cc(Nc3cc(S(=O)(=O)[O-])c(N)c4c3C(=O)c3ccccc3C4=O)ccc2S(=O)(=O)[O-])n1.[Na+].[Na+]. The van der Waals surface area contributed by atoms with Gasteiger partial charge in [0.1, 0.15) is 20.2 Å². The molecule has 3 aromatic carbocycles. The standard InChI is InChI=1S/C23H16ClN7O8S2.2Na/c24-21-29-22(26)31-23(30-21)28-12-7-9(5-6-14(12)40(34,35)36)27-13-8-15(41(37,38)39)18(25)17-16(13)19(32)10-3-1-2-4-11(10)20(17)33;;/h1-8,27H,25H2,(H,34,35,36)(H,37,38,39)(H3,26,28,29,30,31);;/q;2*+1/p-2. The van der Waals surface area contributed by atoms with E-state index in [1.54, 1.807) is 0 Å². The van der Waals surface area contributed by atoms with Crippen molar-refractivity contribution in [1.29, 1.82) is 0 Å². The van der Waals surface area contributed by atoms with E-state index in [1.165, 1.54) is 24.3 Å². The molecule has 0 spiro atoms. The quantitative estimate of drug-likeness (QED) is 0.0763. The summed E-state index contributed by atoms with van der Waals surface area (Å²) in [6.07, 6.45) is 0. The molecule has 0 fully saturated rings. The van der Waals surface area contributed by atoms with E-state index in [4.69, 9.17) is 23.1 Å². The summed E-state index contributed by atoms with van der Waals surface area (Å²) in [5.74, 6) is -2.14. The number of nitrogen functional groups attached to an aromatic ring is 2. The van der Waals surface area contributed by atoms with Gasteiger partial charge in [0.15, 0.2) is 11.6 Å². The fraction of sp³-hybridized carbons (Fsp3) is 0. The molecule has 1 aliphatic rings. The zero-order chi connectivity index (χ0) is 29.9. The maximum absolute atomic E-state index is 13.5. The first-order valence-corrected chi connectivity index (χ1v) is 14.3. The fourth-order valence-electron chi connectivity index (χ4n) is 4.22. The van der Waals surface area contributed by atoms with Crippen molar-refractivity contribution in [3.05, 3.63) is 76.1 Å². The van der Waals surface area contributed by atoms with E-state index in [-0.39, 0.29) is 110 Å². The molecule has 20 heteroatoms. The second kappa shape index (κ2) is 12.7. The molecule has 0 bridgehead atoms. The van der Waals surface area contributed by atoms with Crippen LogP contribution in [-0.4, -0.2) is 52.5 Å². The predicted octanol–water partition coefficient (Wildman–Crippen LogP) is -4.23. The summed E-state index contributed by atoms with van der Waals surface area (Å²) in [5.41, 5.74) is 9.17. The average Bonchev–Trinajstić information content (AvgIpc) is 2.86. The summed E-state index contributed by atoms with van der Waals surface area (Å²) >= 11 is 5.76. The Bertz CT molecular complexity index is 2030.